The van der Waals surface area contributed by atoms with E-state index in [1.165, 1.54) is 0 Å². The first kappa shape index (κ1) is 12.4. The Morgan fingerprint density at radius 2 is 2.07 bits per heavy atom. The van der Waals surface area contributed by atoms with Crippen molar-refractivity contribution in [2.75, 3.05) is 7.11 Å². The van der Waals surface area contributed by atoms with Crippen LogP contribution in [0.1, 0.15) is 44.9 Å². The Bertz CT molecular complexity index is 203. The molecule has 2 heteroatoms. The summed E-state index contributed by atoms with van der Waals surface area (Å²) in [4.78, 5) is 11.8. The van der Waals surface area contributed by atoms with Crippen molar-refractivity contribution >= 4 is 5.78 Å². The van der Waals surface area contributed by atoms with E-state index >= 15 is 0 Å². The average Bonchev–Trinajstić information content (AvgIpc) is 2.29. The molecule has 1 saturated carbocycles. The van der Waals surface area contributed by atoms with Crippen molar-refractivity contribution in [3.63, 3.8) is 0 Å². The average molecular weight is 210 g/mol. The van der Waals surface area contributed by atoms with E-state index in [9.17, 15) is 4.79 Å². The third kappa shape index (κ3) is 4.17. The van der Waals surface area contributed by atoms with Gasteiger partial charge in [0.15, 0.2) is 0 Å². The van der Waals surface area contributed by atoms with E-state index in [1.54, 1.807) is 7.11 Å². The van der Waals surface area contributed by atoms with Crippen molar-refractivity contribution < 1.29 is 9.53 Å². The summed E-state index contributed by atoms with van der Waals surface area (Å²) < 4.78 is 5.29. The lowest BCUT2D eigenvalue weighted by Crippen LogP contribution is -2.25. The molecule has 86 valence electrons. The van der Waals surface area contributed by atoms with Crippen LogP contribution in [0.4, 0.5) is 0 Å². The number of rotatable bonds is 6. The summed E-state index contributed by atoms with van der Waals surface area (Å²) in [7, 11) is 1.76. The fraction of sp³-hybridized carbons (Fsp3) is 0.769. The second kappa shape index (κ2) is 6.78. The number of carbonyl (C=O) groups excluding carboxylic acids is 1. The number of hydrogen-bond acceptors (Lipinski definition) is 2. The Labute approximate surface area is 92.7 Å². The normalized spacial score (nSPS) is 26.2. The lowest BCUT2D eigenvalue weighted by atomic mass is 9.83. The van der Waals surface area contributed by atoms with E-state index in [-0.39, 0.29) is 0 Å². The molecule has 1 aliphatic rings. The second-order valence-electron chi connectivity index (χ2n) is 4.36. The number of methoxy groups -OCH3 is 1. The fourth-order valence-corrected chi connectivity index (χ4v) is 2.25. The third-order valence-corrected chi connectivity index (χ3v) is 3.29. The molecule has 0 radical (unpaired) electrons. The molecule has 0 aliphatic heterocycles. The van der Waals surface area contributed by atoms with Gasteiger partial charge in [-0.05, 0) is 38.5 Å². The smallest absolute Gasteiger partial charge is 0.135 e. The minimum atomic E-state index is 0.307. The van der Waals surface area contributed by atoms with Gasteiger partial charge in [0, 0.05) is 19.4 Å². The zero-order chi connectivity index (χ0) is 11.1. The number of allylic oxidation sites excluding steroid dienone is 1. The third-order valence-electron chi connectivity index (χ3n) is 3.29. The number of ether oxygens (including phenoxy) is 1. The van der Waals surface area contributed by atoms with Crippen LogP contribution in [0, 0.1) is 5.92 Å². The maximum Gasteiger partial charge on any atom is 0.135 e. The summed E-state index contributed by atoms with van der Waals surface area (Å²) in [5, 5.41) is 0. The predicted octanol–water partition coefficient (Wildman–Crippen LogP) is 3.12. The van der Waals surface area contributed by atoms with E-state index < -0.39 is 0 Å². The second-order valence-corrected chi connectivity index (χ2v) is 4.36. The number of hydrogen-bond donors (Lipinski definition) is 0. The lowest BCUT2D eigenvalue weighted by molar-refractivity contribution is -0.124. The van der Waals surface area contributed by atoms with Gasteiger partial charge in [-0.25, -0.2) is 0 Å². The largest absolute Gasteiger partial charge is 0.381 e. The first-order chi connectivity index (χ1) is 7.27. The Balaban J connectivity index is 2.20. The van der Waals surface area contributed by atoms with Crippen molar-refractivity contribution in [2.24, 2.45) is 5.92 Å². The van der Waals surface area contributed by atoms with Crippen molar-refractivity contribution in [1.82, 2.24) is 0 Å². The van der Waals surface area contributed by atoms with Gasteiger partial charge < -0.3 is 4.74 Å². The van der Waals surface area contributed by atoms with E-state index in [4.69, 9.17) is 4.74 Å². The van der Waals surface area contributed by atoms with Crippen molar-refractivity contribution in [2.45, 2.75) is 51.0 Å². The lowest BCUT2D eigenvalue weighted by Gasteiger charge is -2.26. The molecule has 0 unspecified atom stereocenters. The molecule has 15 heavy (non-hydrogen) atoms. The molecule has 0 aromatic heterocycles. The maximum atomic E-state index is 11.8. The predicted molar refractivity (Wildman–Crippen MR) is 61.8 cm³/mol. The molecule has 0 heterocycles. The SMILES string of the molecule is C=CCCCC(=O)C1CCC(OC)CC1. The van der Waals surface area contributed by atoms with Crippen molar-refractivity contribution in [1.29, 1.82) is 0 Å². The molecule has 0 aromatic carbocycles. The van der Waals surface area contributed by atoms with E-state index in [2.05, 4.69) is 6.58 Å². The van der Waals surface area contributed by atoms with Gasteiger partial charge in [-0.2, -0.15) is 0 Å². The summed E-state index contributed by atoms with van der Waals surface area (Å²) >= 11 is 0. The van der Waals surface area contributed by atoms with E-state index in [0.717, 1.165) is 44.9 Å². The molecule has 0 bridgehead atoms. The molecule has 1 rings (SSSR count). The summed E-state index contributed by atoms with van der Waals surface area (Å²) in [5.74, 6) is 0.757. The number of ketones is 1. The standard InChI is InChI=1S/C13H22O2/c1-3-4-5-6-13(14)11-7-9-12(15-2)10-8-11/h3,11-12H,1,4-10H2,2H3. The number of Topliss-reactive ketones (excluding diaryl/α,β-unsaturated/α-hetero) is 1. The van der Waals surface area contributed by atoms with Crippen LogP contribution >= 0.6 is 0 Å². The molecule has 0 N–H and O–H groups in total. The van der Waals surface area contributed by atoms with Gasteiger partial charge in [-0.15, -0.1) is 6.58 Å². The van der Waals surface area contributed by atoms with E-state index in [0.29, 0.717) is 17.8 Å². The Kier molecular flexibility index (Phi) is 5.62. The van der Waals surface area contributed by atoms with Crippen LogP contribution in [-0.2, 0) is 9.53 Å². The first-order valence-electron chi connectivity index (χ1n) is 5.94. The van der Waals surface area contributed by atoms with Gasteiger partial charge in [0.1, 0.15) is 5.78 Å². The first-order valence-corrected chi connectivity index (χ1v) is 5.94. The van der Waals surface area contributed by atoms with Gasteiger partial charge in [-0.3, -0.25) is 4.79 Å². The van der Waals surface area contributed by atoms with Crippen LogP contribution in [0.15, 0.2) is 12.7 Å². The van der Waals surface area contributed by atoms with Gasteiger partial charge >= 0.3 is 0 Å². The highest BCUT2D eigenvalue weighted by atomic mass is 16.5. The summed E-state index contributed by atoms with van der Waals surface area (Å²) in [6.07, 6.45) is 9.07. The molecular weight excluding hydrogens is 188 g/mol. The number of unbranched alkanes of at least 4 members (excludes halogenated alkanes) is 1. The molecule has 0 saturated heterocycles. The van der Waals surface area contributed by atoms with Gasteiger partial charge in [-0.1, -0.05) is 6.08 Å². The summed E-state index contributed by atoms with van der Waals surface area (Å²) in [6, 6.07) is 0. The fourth-order valence-electron chi connectivity index (χ4n) is 2.25. The van der Waals surface area contributed by atoms with Crippen molar-refractivity contribution in [3.8, 4) is 0 Å². The molecule has 0 spiro atoms. The Morgan fingerprint density at radius 3 is 2.60 bits per heavy atom. The van der Waals surface area contributed by atoms with Crippen LogP contribution in [0.2, 0.25) is 0 Å². The molecule has 1 aliphatic carbocycles. The Morgan fingerprint density at radius 1 is 1.40 bits per heavy atom. The molecular formula is C13H22O2. The molecule has 0 aromatic rings. The molecule has 1 fully saturated rings. The van der Waals surface area contributed by atoms with Crippen LogP contribution < -0.4 is 0 Å². The minimum absolute atomic E-state index is 0.307. The highest BCUT2D eigenvalue weighted by Gasteiger charge is 2.25. The molecule has 0 atom stereocenters. The maximum absolute atomic E-state index is 11.8. The van der Waals surface area contributed by atoms with Gasteiger partial charge in [0.05, 0.1) is 6.10 Å². The minimum Gasteiger partial charge on any atom is -0.381 e. The van der Waals surface area contributed by atoms with Crippen molar-refractivity contribution in [3.05, 3.63) is 12.7 Å². The zero-order valence-electron chi connectivity index (χ0n) is 9.71. The quantitative estimate of drug-likeness (QED) is 0.497. The van der Waals surface area contributed by atoms with Crippen LogP contribution in [0.5, 0.6) is 0 Å². The van der Waals surface area contributed by atoms with E-state index in [1.807, 2.05) is 6.08 Å². The van der Waals surface area contributed by atoms with Crippen LogP contribution in [-0.4, -0.2) is 19.0 Å². The van der Waals surface area contributed by atoms with Gasteiger partial charge in [0.2, 0.25) is 0 Å². The topological polar surface area (TPSA) is 26.3 Å². The summed E-state index contributed by atoms with van der Waals surface area (Å²) in [6.45, 7) is 3.66. The van der Waals surface area contributed by atoms with Crippen LogP contribution in [0.3, 0.4) is 0 Å². The summed E-state index contributed by atoms with van der Waals surface area (Å²) in [5.41, 5.74) is 0. The molecule has 2 nitrogen and oxygen atoms in total. The highest BCUT2D eigenvalue weighted by Crippen LogP contribution is 2.27. The molecule has 0 amide bonds. The number of carbonyl (C=O) groups is 1. The monoisotopic (exact) mass is 210 g/mol. The highest BCUT2D eigenvalue weighted by molar-refractivity contribution is 5.81. The van der Waals surface area contributed by atoms with Gasteiger partial charge in [0.25, 0.3) is 0 Å². The Hall–Kier alpha value is -0.630. The van der Waals surface area contributed by atoms with Crippen LogP contribution in [0.25, 0.3) is 0 Å². The zero-order valence-corrected chi connectivity index (χ0v) is 9.71.